The van der Waals surface area contributed by atoms with Gasteiger partial charge in [-0.05, 0) is 50.3 Å². The average molecular weight is 351 g/mol. The molecule has 1 N–H and O–H groups in total. The summed E-state index contributed by atoms with van der Waals surface area (Å²) < 4.78 is 5.46. The van der Waals surface area contributed by atoms with Gasteiger partial charge in [-0.2, -0.15) is 0 Å². The van der Waals surface area contributed by atoms with Crippen molar-refractivity contribution in [3.8, 4) is 0 Å². The number of nitrogens with zero attached hydrogens (tertiary/aromatic N) is 1. The van der Waals surface area contributed by atoms with Gasteiger partial charge < -0.3 is 15.0 Å². The summed E-state index contributed by atoms with van der Waals surface area (Å²) in [5, 5.41) is 3.57. The Bertz CT molecular complexity index is 621. The summed E-state index contributed by atoms with van der Waals surface area (Å²) in [6, 6.07) is 5.51. The number of piperidine rings is 1. The van der Waals surface area contributed by atoms with Crippen molar-refractivity contribution < 1.29 is 14.3 Å². The van der Waals surface area contributed by atoms with Gasteiger partial charge in [0.1, 0.15) is 6.10 Å². The average Bonchev–Trinajstić information content (AvgIpc) is 3.12. The number of hydrogen-bond donors (Lipinski definition) is 1. The SMILES string of the molecule is Cc1ccc(NC(=O)C2CCN(C(=O)C3CCCO3)CC2)cc1Cl. The molecule has 6 heteroatoms. The summed E-state index contributed by atoms with van der Waals surface area (Å²) in [6.07, 6.45) is 2.86. The quantitative estimate of drug-likeness (QED) is 0.911. The molecule has 1 aromatic carbocycles. The highest BCUT2D eigenvalue weighted by atomic mass is 35.5. The molecule has 0 radical (unpaired) electrons. The van der Waals surface area contributed by atoms with Crippen LogP contribution in [0.15, 0.2) is 18.2 Å². The molecule has 3 rings (SSSR count). The molecule has 2 aliphatic heterocycles. The van der Waals surface area contributed by atoms with Gasteiger partial charge >= 0.3 is 0 Å². The first kappa shape index (κ1) is 17.2. The van der Waals surface area contributed by atoms with E-state index in [1.165, 1.54) is 0 Å². The summed E-state index contributed by atoms with van der Waals surface area (Å²) in [5.41, 5.74) is 1.70. The second-order valence-electron chi connectivity index (χ2n) is 6.55. The fourth-order valence-electron chi connectivity index (χ4n) is 3.25. The lowest BCUT2D eigenvalue weighted by molar-refractivity contribution is -0.143. The number of hydrogen-bond acceptors (Lipinski definition) is 3. The lowest BCUT2D eigenvalue weighted by atomic mass is 9.95. The Hall–Kier alpha value is -1.59. The van der Waals surface area contributed by atoms with E-state index in [0.29, 0.717) is 43.2 Å². The topological polar surface area (TPSA) is 58.6 Å². The van der Waals surface area contributed by atoms with E-state index in [0.717, 1.165) is 18.4 Å². The van der Waals surface area contributed by atoms with Crippen molar-refractivity contribution in [2.75, 3.05) is 25.0 Å². The molecule has 24 heavy (non-hydrogen) atoms. The molecule has 2 heterocycles. The first-order valence-electron chi connectivity index (χ1n) is 8.52. The van der Waals surface area contributed by atoms with E-state index in [9.17, 15) is 9.59 Å². The highest BCUT2D eigenvalue weighted by Gasteiger charge is 2.32. The first-order valence-corrected chi connectivity index (χ1v) is 8.90. The molecule has 0 bridgehead atoms. The van der Waals surface area contributed by atoms with E-state index >= 15 is 0 Å². The molecule has 1 aromatic rings. The van der Waals surface area contributed by atoms with Gasteiger partial charge in [-0.3, -0.25) is 9.59 Å². The normalized spacial score (nSPS) is 21.8. The van der Waals surface area contributed by atoms with Crippen LogP contribution in [0.4, 0.5) is 5.69 Å². The molecule has 0 saturated carbocycles. The van der Waals surface area contributed by atoms with E-state index in [4.69, 9.17) is 16.3 Å². The Labute approximate surface area is 147 Å². The zero-order valence-corrected chi connectivity index (χ0v) is 14.6. The van der Waals surface area contributed by atoms with Crippen molar-refractivity contribution in [1.29, 1.82) is 0 Å². The first-order chi connectivity index (χ1) is 11.5. The third-order valence-corrected chi connectivity index (χ3v) is 5.23. The highest BCUT2D eigenvalue weighted by Crippen LogP contribution is 2.24. The second kappa shape index (κ2) is 7.53. The van der Waals surface area contributed by atoms with Crippen LogP contribution in [0.1, 0.15) is 31.2 Å². The van der Waals surface area contributed by atoms with Gasteiger partial charge in [-0.15, -0.1) is 0 Å². The molecule has 0 aromatic heterocycles. The standard InChI is InChI=1S/C18H23ClN2O3/c1-12-4-5-14(11-15(12)19)20-17(22)13-6-8-21(9-7-13)18(23)16-3-2-10-24-16/h4-5,11,13,16H,2-3,6-10H2,1H3,(H,20,22). The van der Waals surface area contributed by atoms with Gasteiger partial charge in [0.15, 0.2) is 0 Å². The van der Waals surface area contributed by atoms with Crippen LogP contribution in [0, 0.1) is 12.8 Å². The minimum atomic E-state index is -0.273. The Balaban J connectivity index is 1.51. The second-order valence-corrected chi connectivity index (χ2v) is 6.96. The summed E-state index contributed by atoms with van der Waals surface area (Å²) in [7, 11) is 0. The van der Waals surface area contributed by atoms with Crippen molar-refractivity contribution in [2.45, 2.75) is 38.7 Å². The number of rotatable bonds is 3. The monoisotopic (exact) mass is 350 g/mol. The van der Waals surface area contributed by atoms with Crippen LogP contribution in [-0.4, -0.2) is 42.5 Å². The van der Waals surface area contributed by atoms with Crippen LogP contribution in [-0.2, 0) is 14.3 Å². The fourth-order valence-corrected chi connectivity index (χ4v) is 3.43. The summed E-state index contributed by atoms with van der Waals surface area (Å²) in [5.74, 6) is 0.00874. The molecule has 2 amide bonds. The Kier molecular flexibility index (Phi) is 5.41. The van der Waals surface area contributed by atoms with E-state index in [1.54, 1.807) is 6.07 Å². The van der Waals surface area contributed by atoms with Gasteiger partial charge in [0.2, 0.25) is 5.91 Å². The van der Waals surface area contributed by atoms with Gasteiger partial charge in [-0.1, -0.05) is 17.7 Å². The maximum Gasteiger partial charge on any atom is 0.251 e. The van der Waals surface area contributed by atoms with Crippen LogP contribution < -0.4 is 5.32 Å². The van der Waals surface area contributed by atoms with Crippen LogP contribution in [0.5, 0.6) is 0 Å². The summed E-state index contributed by atoms with van der Waals surface area (Å²) in [6.45, 7) is 3.83. The molecule has 0 aliphatic carbocycles. The van der Waals surface area contributed by atoms with Crippen LogP contribution in [0.2, 0.25) is 5.02 Å². The minimum Gasteiger partial charge on any atom is -0.368 e. The Morgan fingerprint density at radius 3 is 2.62 bits per heavy atom. The van der Waals surface area contributed by atoms with Crippen molar-refractivity contribution >= 4 is 29.1 Å². The zero-order valence-electron chi connectivity index (χ0n) is 13.9. The van der Waals surface area contributed by atoms with Crippen molar-refractivity contribution in [2.24, 2.45) is 5.92 Å². The highest BCUT2D eigenvalue weighted by molar-refractivity contribution is 6.31. The number of anilines is 1. The number of benzene rings is 1. The molecule has 5 nitrogen and oxygen atoms in total. The van der Waals surface area contributed by atoms with Crippen LogP contribution in [0.25, 0.3) is 0 Å². The van der Waals surface area contributed by atoms with Gasteiger partial charge in [0.05, 0.1) is 0 Å². The number of carbonyl (C=O) groups excluding carboxylic acids is 2. The van der Waals surface area contributed by atoms with Gasteiger partial charge in [0.25, 0.3) is 5.91 Å². The molecular weight excluding hydrogens is 328 g/mol. The van der Waals surface area contributed by atoms with Crippen molar-refractivity contribution in [3.63, 3.8) is 0 Å². The molecular formula is C18H23ClN2O3. The van der Waals surface area contributed by atoms with Gasteiger partial charge in [-0.25, -0.2) is 0 Å². The number of nitrogens with one attached hydrogen (secondary N) is 1. The summed E-state index contributed by atoms with van der Waals surface area (Å²) >= 11 is 6.09. The number of aryl methyl sites for hydroxylation is 1. The predicted octanol–water partition coefficient (Wildman–Crippen LogP) is 3.00. The van der Waals surface area contributed by atoms with Crippen molar-refractivity contribution in [3.05, 3.63) is 28.8 Å². The van der Waals surface area contributed by atoms with Crippen molar-refractivity contribution in [1.82, 2.24) is 4.90 Å². The molecule has 0 spiro atoms. The van der Waals surface area contributed by atoms with E-state index < -0.39 is 0 Å². The molecule has 130 valence electrons. The van der Waals surface area contributed by atoms with E-state index in [1.807, 2.05) is 24.0 Å². The zero-order chi connectivity index (χ0) is 17.1. The molecule has 1 unspecified atom stereocenters. The van der Waals surface area contributed by atoms with E-state index in [2.05, 4.69) is 5.32 Å². The lowest BCUT2D eigenvalue weighted by Crippen LogP contribution is -2.45. The predicted molar refractivity (Wildman–Crippen MR) is 93.1 cm³/mol. The maximum absolute atomic E-state index is 12.4. The molecule has 2 aliphatic rings. The number of ether oxygens (including phenoxy) is 1. The number of halogens is 1. The molecule has 2 fully saturated rings. The number of likely N-dealkylation sites (tertiary alicyclic amines) is 1. The molecule has 2 saturated heterocycles. The third-order valence-electron chi connectivity index (χ3n) is 4.82. The Morgan fingerprint density at radius 2 is 2.00 bits per heavy atom. The number of amides is 2. The largest absolute Gasteiger partial charge is 0.368 e. The van der Waals surface area contributed by atoms with Crippen LogP contribution >= 0.6 is 11.6 Å². The van der Waals surface area contributed by atoms with Crippen LogP contribution in [0.3, 0.4) is 0 Å². The minimum absolute atomic E-state index is 0.000801. The smallest absolute Gasteiger partial charge is 0.251 e. The van der Waals surface area contributed by atoms with E-state index in [-0.39, 0.29) is 23.8 Å². The summed E-state index contributed by atoms with van der Waals surface area (Å²) in [4.78, 5) is 26.6. The van der Waals surface area contributed by atoms with Gasteiger partial charge in [0, 0.05) is 36.3 Å². The maximum atomic E-state index is 12.4. The fraction of sp³-hybridized carbons (Fsp3) is 0.556. The number of carbonyl (C=O) groups is 2. The lowest BCUT2D eigenvalue weighted by Gasteiger charge is -2.32. The Morgan fingerprint density at radius 1 is 1.25 bits per heavy atom. The third kappa shape index (κ3) is 3.90. The molecule has 1 atom stereocenters.